The van der Waals surface area contributed by atoms with Crippen molar-refractivity contribution in [1.82, 2.24) is 19.3 Å². The summed E-state index contributed by atoms with van der Waals surface area (Å²) in [6.45, 7) is 3.71. The summed E-state index contributed by atoms with van der Waals surface area (Å²) in [6.07, 6.45) is 3.39. The summed E-state index contributed by atoms with van der Waals surface area (Å²) in [4.78, 5) is 9.76. The number of nitrogens with zero attached hydrogens (tertiary/aromatic N) is 3. The van der Waals surface area contributed by atoms with Crippen molar-refractivity contribution in [1.29, 1.82) is 0 Å². The van der Waals surface area contributed by atoms with Gasteiger partial charge in [-0.25, -0.2) is 18.1 Å². The minimum absolute atomic E-state index is 0.114. The van der Waals surface area contributed by atoms with Crippen molar-refractivity contribution < 1.29 is 8.42 Å². The third-order valence-corrected chi connectivity index (χ3v) is 6.95. The smallest absolute Gasteiger partial charge is 0.240 e. The number of imidazole rings is 1. The minimum Gasteiger partial charge on any atom is -0.330 e. The molecule has 0 aliphatic heterocycles. The number of nitrogens with one attached hydrogen (secondary N) is 1. The Morgan fingerprint density at radius 2 is 1.81 bits per heavy atom. The standard InChI is InChI=1S/C23H27N5O2S/c1-17(15-24)21-22-23(19-11-5-6-12-20(19)27-21)28(16-25-22)14-8-7-13-26-31(29,30)18-9-3-2-4-10-18/h2-6,9-12,16-17,26H,7-8,13-15,24H2,1H3. The van der Waals surface area contributed by atoms with E-state index in [1.165, 1.54) is 0 Å². The number of fused-ring (bicyclic) bond motifs is 3. The molecule has 3 N–H and O–H groups in total. The monoisotopic (exact) mass is 437 g/mol. The SMILES string of the molecule is CC(CN)c1nc2ccccc2c2c1ncn2CCCCNS(=O)(=O)c1ccccc1. The van der Waals surface area contributed by atoms with Gasteiger partial charge >= 0.3 is 0 Å². The zero-order valence-electron chi connectivity index (χ0n) is 17.5. The van der Waals surface area contributed by atoms with Gasteiger partial charge in [0.05, 0.1) is 28.0 Å². The van der Waals surface area contributed by atoms with Crippen molar-refractivity contribution in [2.45, 2.75) is 37.1 Å². The predicted molar refractivity (Wildman–Crippen MR) is 123 cm³/mol. The van der Waals surface area contributed by atoms with Crippen molar-refractivity contribution in [3.05, 3.63) is 66.6 Å². The summed E-state index contributed by atoms with van der Waals surface area (Å²) in [6, 6.07) is 16.5. The average Bonchev–Trinajstić information content (AvgIpc) is 3.22. The molecule has 8 heteroatoms. The van der Waals surface area contributed by atoms with Gasteiger partial charge in [-0.3, -0.25) is 4.98 Å². The van der Waals surface area contributed by atoms with Crippen LogP contribution in [0.3, 0.4) is 0 Å². The quantitative estimate of drug-likeness (QED) is 0.391. The van der Waals surface area contributed by atoms with Crippen LogP contribution in [0.4, 0.5) is 0 Å². The molecule has 0 aliphatic rings. The van der Waals surface area contributed by atoms with E-state index in [2.05, 4.69) is 27.3 Å². The van der Waals surface area contributed by atoms with Crippen LogP contribution in [0.2, 0.25) is 0 Å². The summed E-state index contributed by atoms with van der Waals surface area (Å²) in [7, 11) is -3.47. The van der Waals surface area contributed by atoms with Gasteiger partial charge in [0.25, 0.3) is 0 Å². The van der Waals surface area contributed by atoms with Crippen LogP contribution in [0, 0.1) is 0 Å². The van der Waals surface area contributed by atoms with Crippen LogP contribution < -0.4 is 10.5 Å². The van der Waals surface area contributed by atoms with Crippen molar-refractivity contribution >= 4 is 32.0 Å². The molecule has 7 nitrogen and oxygen atoms in total. The lowest BCUT2D eigenvalue weighted by Crippen LogP contribution is -2.24. The number of hydrogen-bond acceptors (Lipinski definition) is 5. The minimum atomic E-state index is -3.47. The maximum atomic E-state index is 12.3. The van der Waals surface area contributed by atoms with Gasteiger partial charge in [-0.1, -0.05) is 43.3 Å². The van der Waals surface area contributed by atoms with E-state index in [1.807, 2.05) is 24.5 Å². The number of hydrogen-bond donors (Lipinski definition) is 2. The Balaban J connectivity index is 1.49. The first kappa shape index (κ1) is 21.4. The first-order valence-electron chi connectivity index (χ1n) is 10.5. The maximum Gasteiger partial charge on any atom is 0.240 e. The van der Waals surface area contributed by atoms with E-state index in [0.717, 1.165) is 47.0 Å². The van der Waals surface area contributed by atoms with Crippen LogP contribution >= 0.6 is 0 Å². The van der Waals surface area contributed by atoms with E-state index < -0.39 is 10.0 Å². The highest BCUT2D eigenvalue weighted by Crippen LogP contribution is 2.29. The van der Waals surface area contributed by atoms with Gasteiger partial charge in [-0.2, -0.15) is 0 Å². The lowest BCUT2D eigenvalue weighted by Gasteiger charge is -2.12. The molecular formula is C23H27N5O2S. The number of unbranched alkanes of at least 4 members (excludes halogenated alkanes) is 1. The van der Waals surface area contributed by atoms with Crippen LogP contribution in [0.1, 0.15) is 31.4 Å². The Morgan fingerprint density at radius 1 is 1.06 bits per heavy atom. The van der Waals surface area contributed by atoms with Crippen LogP contribution in [0.5, 0.6) is 0 Å². The van der Waals surface area contributed by atoms with Crippen LogP contribution in [-0.4, -0.2) is 36.0 Å². The average molecular weight is 438 g/mol. The van der Waals surface area contributed by atoms with Crippen LogP contribution in [0.25, 0.3) is 21.9 Å². The maximum absolute atomic E-state index is 12.3. The molecule has 2 aromatic carbocycles. The zero-order chi connectivity index (χ0) is 21.8. The number of sulfonamides is 1. The predicted octanol–water partition coefficient (Wildman–Crippen LogP) is 3.41. The Labute approximate surface area is 182 Å². The molecule has 0 amide bonds. The Hall–Kier alpha value is -2.81. The number of pyridine rings is 1. The van der Waals surface area contributed by atoms with Gasteiger partial charge in [0, 0.05) is 30.9 Å². The highest BCUT2D eigenvalue weighted by Gasteiger charge is 2.17. The largest absolute Gasteiger partial charge is 0.330 e. The molecule has 4 rings (SSSR count). The fraction of sp³-hybridized carbons (Fsp3) is 0.304. The number of para-hydroxylation sites is 1. The molecule has 0 aliphatic carbocycles. The molecule has 2 aromatic heterocycles. The third kappa shape index (κ3) is 4.46. The molecule has 0 bridgehead atoms. The number of rotatable bonds is 9. The summed E-state index contributed by atoms with van der Waals surface area (Å²) < 4.78 is 29.5. The van der Waals surface area contributed by atoms with Crippen molar-refractivity contribution in [3.8, 4) is 0 Å². The van der Waals surface area contributed by atoms with Gasteiger partial charge in [0.2, 0.25) is 10.0 Å². The molecule has 0 saturated carbocycles. The van der Waals surface area contributed by atoms with Crippen molar-refractivity contribution in [2.75, 3.05) is 13.1 Å². The number of aromatic nitrogens is 3. The molecule has 0 spiro atoms. The molecule has 0 fully saturated rings. The molecular weight excluding hydrogens is 410 g/mol. The second-order valence-corrected chi connectivity index (χ2v) is 9.47. The van der Waals surface area contributed by atoms with E-state index in [9.17, 15) is 8.42 Å². The van der Waals surface area contributed by atoms with Crippen LogP contribution in [0.15, 0.2) is 65.8 Å². The zero-order valence-corrected chi connectivity index (χ0v) is 18.3. The summed E-state index contributed by atoms with van der Waals surface area (Å²) >= 11 is 0. The van der Waals surface area contributed by atoms with Crippen molar-refractivity contribution in [2.24, 2.45) is 5.73 Å². The van der Waals surface area contributed by atoms with E-state index in [-0.39, 0.29) is 10.8 Å². The molecule has 1 unspecified atom stereocenters. The van der Waals surface area contributed by atoms with Gasteiger partial charge in [0.15, 0.2) is 0 Å². The molecule has 31 heavy (non-hydrogen) atoms. The fourth-order valence-electron chi connectivity index (χ4n) is 3.73. The Kier molecular flexibility index (Phi) is 6.31. The number of aryl methyl sites for hydroxylation is 1. The van der Waals surface area contributed by atoms with Crippen LogP contribution in [-0.2, 0) is 16.6 Å². The lowest BCUT2D eigenvalue weighted by atomic mass is 10.0. The van der Waals surface area contributed by atoms with Gasteiger partial charge in [-0.15, -0.1) is 0 Å². The van der Waals surface area contributed by atoms with E-state index >= 15 is 0 Å². The summed E-state index contributed by atoms with van der Waals surface area (Å²) in [5, 5.41) is 1.06. The van der Waals surface area contributed by atoms with Gasteiger partial charge in [0.1, 0.15) is 5.52 Å². The molecule has 0 radical (unpaired) electrons. The first-order chi connectivity index (χ1) is 15.0. The molecule has 2 heterocycles. The second-order valence-electron chi connectivity index (χ2n) is 7.70. The molecule has 0 saturated heterocycles. The fourth-order valence-corrected chi connectivity index (χ4v) is 4.82. The Morgan fingerprint density at radius 3 is 2.58 bits per heavy atom. The highest BCUT2D eigenvalue weighted by atomic mass is 32.2. The van der Waals surface area contributed by atoms with E-state index in [1.54, 1.807) is 30.3 Å². The molecule has 4 aromatic rings. The molecule has 162 valence electrons. The second kappa shape index (κ2) is 9.13. The van der Waals surface area contributed by atoms with E-state index in [0.29, 0.717) is 13.1 Å². The first-order valence-corrected chi connectivity index (χ1v) is 12.0. The number of benzene rings is 2. The van der Waals surface area contributed by atoms with Crippen molar-refractivity contribution in [3.63, 3.8) is 0 Å². The highest BCUT2D eigenvalue weighted by molar-refractivity contribution is 7.89. The molecule has 1 atom stereocenters. The van der Waals surface area contributed by atoms with Gasteiger partial charge < -0.3 is 10.3 Å². The summed E-state index contributed by atoms with van der Waals surface area (Å²) in [5.74, 6) is 0.114. The topological polar surface area (TPSA) is 103 Å². The van der Waals surface area contributed by atoms with Gasteiger partial charge in [-0.05, 0) is 31.0 Å². The third-order valence-electron chi connectivity index (χ3n) is 5.47. The van der Waals surface area contributed by atoms with E-state index in [4.69, 9.17) is 10.7 Å². The Bertz CT molecular complexity index is 1290. The number of nitrogens with two attached hydrogens (primary N) is 1. The normalized spacial score (nSPS) is 13.1. The lowest BCUT2D eigenvalue weighted by molar-refractivity contribution is 0.568. The summed E-state index contributed by atoms with van der Waals surface area (Å²) in [5.41, 5.74) is 9.71.